The maximum absolute atomic E-state index is 12.2. The summed E-state index contributed by atoms with van der Waals surface area (Å²) in [6.45, 7) is 7.21. The number of pyridine rings is 1. The summed E-state index contributed by atoms with van der Waals surface area (Å²) in [5.74, 6) is 1.26. The van der Waals surface area contributed by atoms with Gasteiger partial charge >= 0.3 is 5.97 Å². The first-order chi connectivity index (χ1) is 12.0. The molecule has 2 heterocycles. The van der Waals surface area contributed by atoms with E-state index in [1.165, 1.54) is 18.4 Å². The maximum Gasteiger partial charge on any atom is 0.327 e. The second-order valence-corrected chi connectivity index (χ2v) is 7.91. The molecule has 2 bridgehead atoms. The van der Waals surface area contributed by atoms with Gasteiger partial charge in [-0.15, -0.1) is 0 Å². The van der Waals surface area contributed by atoms with Crippen molar-refractivity contribution in [2.75, 3.05) is 6.61 Å². The molecule has 132 valence electrons. The normalized spacial score (nSPS) is 23.9. The van der Waals surface area contributed by atoms with Crippen LogP contribution in [0.4, 0.5) is 0 Å². The second-order valence-electron chi connectivity index (χ2n) is 7.91. The Morgan fingerprint density at radius 3 is 3.04 bits per heavy atom. The molecule has 5 rings (SSSR count). The number of aryl methyl sites for hydroxylation is 1. The number of fused-ring (bicyclic) bond motifs is 2. The maximum atomic E-state index is 12.2. The van der Waals surface area contributed by atoms with Crippen LogP contribution < -0.4 is 0 Å². The number of esters is 1. The first-order valence-corrected chi connectivity index (χ1v) is 9.09. The minimum absolute atomic E-state index is 0.109. The molecule has 25 heavy (non-hydrogen) atoms. The molecular formula is C20H25N3O2. The number of nitrogens with zero attached hydrogens (tertiary/aromatic N) is 3. The molecule has 5 nitrogen and oxygen atoms in total. The van der Waals surface area contributed by atoms with Gasteiger partial charge in [0, 0.05) is 18.0 Å². The number of aromatic nitrogens is 3. The molecule has 3 aliphatic carbocycles. The van der Waals surface area contributed by atoms with E-state index in [9.17, 15) is 4.79 Å². The Morgan fingerprint density at radius 2 is 2.28 bits per heavy atom. The van der Waals surface area contributed by atoms with Crippen LogP contribution in [-0.4, -0.2) is 27.3 Å². The van der Waals surface area contributed by atoms with E-state index in [1.54, 1.807) is 10.9 Å². The summed E-state index contributed by atoms with van der Waals surface area (Å²) in [5.41, 5.74) is 3.51. The Hall–Kier alpha value is -2.17. The van der Waals surface area contributed by atoms with Gasteiger partial charge in [-0.25, -0.2) is 9.67 Å². The average Bonchev–Trinajstić information content (AvgIpc) is 2.91. The van der Waals surface area contributed by atoms with Gasteiger partial charge in [0.05, 0.1) is 12.3 Å². The number of allylic oxidation sites excluding steroid dienone is 1. The van der Waals surface area contributed by atoms with Crippen molar-refractivity contribution in [1.29, 1.82) is 0 Å². The number of rotatable bonds is 5. The van der Waals surface area contributed by atoms with E-state index in [4.69, 9.17) is 4.74 Å². The summed E-state index contributed by atoms with van der Waals surface area (Å²) in [4.78, 5) is 16.5. The highest BCUT2D eigenvalue weighted by Gasteiger charge is 2.50. The van der Waals surface area contributed by atoms with Crippen LogP contribution in [0.2, 0.25) is 0 Å². The molecule has 2 aromatic rings. The molecule has 5 heteroatoms. The van der Waals surface area contributed by atoms with Crippen LogP contribution in [0.15, 0.2) is 30.0 Å². The lowest BCUT2D eigenvalue weighted by Crippen LogP contribution is -2.48. The van der Waals surface area contributed by atoms with Crippen LogP contribution in [0, 0.1) is 24.2 Å². The van der Waals surface area contributed by atoms with E-state index in [0.29, 0.717) is 17.9 Å². The summed E-state index contributed by atoms with van der Waals surface area (Å²) in [6.07, 6.45) is 7.42. The van der Waals surface area contributed by atoms with E-state index in [0.717, 1.165) is 29.1 Å². The summed E-state index contributed by atoms with van der Waals surface area (Å²) >= 11 is 0. The summed E-state index contributed by atoms with van der Waals surface area (Å²) < 4.78 is 7.10. The standard InChI is InChI=1S/C20H25N3O2/c1-13-16-5-4-9-21-19(16)23(22-13)12-18(24)25-10-8-14-6-7-15-11-17(14)20(15,2)3/h4-6,9,15,17H,7-8,10-12H2,1-3H3/t15-,17-/m0/s1. The number of carbonyl (C=O) groups excluding carboxylic acids is 1. The first kappa shape index (κ1) is 16.3. The van der Waals surface area contributed by atoms with Crippen LogP contribution in [-0.2, 0) is 16.1 Å². The van der Waals surface area contributed by atoms with Crippen molar-refractivity contribution in [1.82, 2.24) is 14.8 Å². The van der Waals surface area contributed by atoms with Crippen LogP contribution in [0.3, 0.4) is 0 Å². The monoisotopic (exact) mass is 339 g/mol. The molecule has 3 aliphatic rings. The lowest BCUT2D eigenvalue weighted by molar-refractivity contribution is -0.144. The average molecular weight is 339 g/mol. The zero-order valence-electron chi connectivity index (χ0n) is 15.2. The van der Waals surface area contributed by atoms with Crippen molar-refractivity contribution < 1.29 is 9.53 Å². The summed E-state index contributed by atoms with van der Waals surface area (Å²) in [6, 6.07) is 3.85. The third-order valence-corrected chi connectivity index (χ3v) is 6.21. The number of hydrogen-bond donors (Lipinski definition) is 0. The van der Waals surface area contributed by atoms with Gasteiger partial charge in [-0.05, 0) is 49.1 Å². The SMILES string of the molecule is Cc1nn(CC(=O)OCCC2=CC[C@H]3C[C@@H]2C3(C)C)c2ncccc12. The lowest BCUT2D eigenvalue weighted by Gasteiger charge is -2.56. The van der Waals surface area contributed by atoms with Crippen molar-refractivity contribution >= 4 is 17.0 Å². The van der Waals surface area contributed by atoms with Gasteiger partial charge in [0.1, 0.15) is 6.54 Å². The highest BCUT2D eigenvalue weighted by molar-refractivity contribution is 5.79. The molecule has 1 fully saturated rings. The van der Waals surface area contributed by atoms with Gasteiger partial charge < -0.3 is 4.74 Å². The highest BCUT2D eigenvalue weighted by atomic mass is 16.5. The molecule has 1 saturated carbocycles. The molecule has 0 aliphatic heterocycles. The zero-order valence-corrected chi connectivity index (χ0v) is 15.2. The smallest absolute Gasteiger partial charge is 0.327 e. The van der Waals surface area contributed by atoms with Gasteiger partial charge in [0.2, 0.25) is 0 Å². The molecule has 0 spiro atoms. The van der Waals surface area contributed by atoms with Crippen molar-refractivity contribution in [3.63, 3.8) is 0 Å². The molecule has 2 aromatic heterocycles. The molecular weight excluding hydrogens is 314 g/mol. The van der Waals surface area contributed by atoms with Crippen molar-refractivity contribution in [2.24, 2.45) is 17.3 Å². The van der Waals surface area contributed by atoms with Crippen LogP contribution in [0.1, 0.15) is 38.8 Å². The van der Waals surface area contributed by atoms with Gasteiger partial charge in [0.15, 0.2) is 5.65 Å². The fourth-order valence-corrected chi connectivity index (χ4v) is 4.49. The van der Waals surface area contributed by atoms with Crippen LogP contribution in [0.5, 0.6) is 0 Å². The fraction of sp³-hybridized carbons (Fsp3) is 0.550. The fourth-order valence-electron chi connectivity index (χ4n) is 4.49. The van der Waals surface area contributed by atoms with Crippen molar-refractivity contribution in [3.05, 3.63) is 35.7 Å². The van der Waals surface area contributed by atoms with Crippen LogP contribution in [0.25, 0.3) is 11.0 Å². The Bertz CT molecular complexity index is 850. The Morgan fingerprint density at radius 1 is 1.44 bits per heavy atom. The third-order valence-electron chi connectivity index (χ3n) is 6.21. The van der Waals surface area contributed by atoms with E-state index in [-0.39, 0.29) is 12.5 Å². The quantitative estimate of drug-likeness (QED) is 0.616. The van der Waals surface area contributed by atoms with E-state index < -0.39 is 0 Å². The van der Waals surface area contributed by atoms with E-state index in [1.807, 2.05) is 19.1 Å². The predicted molar refractivity (Wildman–Crippen MR) is 95.9 cm³/mol. The Balaban J connectivity index is 1.33. The Labute approximate surface area is 148 Å². The highest BCUT2D eigenvalue weighted by Crippen LogP contribution is 2.59. The minimum Gasteiger partial charge on any atom is -0.464 e. The van der Waals surface area contributed by atoms with Gasteiger partial charge in [-0.3, -0.25) is 4.79 Å². The van der Waals surface area contributed by atoms with Gasteiger partial charge in [0.25, 0.3) is 0 Å². The number of ether oxygens (including phenoxy) is 1. The van der Waals surface area contributed by atoms with Gasteiger partial charge in [-0.2, -0.15) is 5.10 Å². The third kappa shape index (κ3) is 2.75. The Kier molecular flexibility index (Phi) is 3.89. The number of carbonyl (C=O) groups is 1. The van der Waals surface area contributed by atoms with Crippen molar-refractivity contribution in [3.8, 4) is 0 Å². The molecule has 0 N–H and O–H groups in total. The first-order valence-electron chi connectivity index (χ1n) is 9.09. The lowest BCUT2D eigenvalue weighted by atomic mass is 9.48. The molecule has 0 radical (unpaired) electrons. The van der Waals surface area contributed by atoms with Crippen LogP contribution >= 0.6 is 0 Å². The van der Waals surface area contributed by atoms with E-state index in [2.05, 4.69) is 30.0 Å². The molecule has 0 aromatic carbocycles. The molecule has 0 unspecified atom stereocenters. The topological polar surface area (TPSA) is 57.0 Å². The summed E-state index contributed by atoms with van der Waals surface area (Å²) in [5, 5.41) is 5.38. The minimum atomic E-state index is -0.253. The summed E-state index contributed by atoms with van der Waals surface area (Å²) in [7, 11) is 0. The van der Waals surface area contributed by atoms with E-state index >= 15 is 0 Å². The molecule has 0 saturated heterocycles. The largest absolute Gasteiger partial charge is 0.464 e. The number of hydrogen-bond acceptors (Lipinski definition) is 4. The second kappa shape index (κ2) is 5.97. The zero-order chi connectivity index (χ0) is 17.6. The van der Waals surface area contributed by atoms with Crippen molar-refractivity contribution in [2.45, 2.75) is 46.6 Å². The van der Waals surface area contributed by atoms with Gasteiger partial charge in [-0.1, -0.05) is 25.5 Å². The molecule has 2 atom stereocenters. The molecule has 0 amide bonds. The predicted octanol–water partition coefficient (Wildman–Crippen LogP) is 3.67.